The summed E-state index contributed by atoms with van der Waals surface area (Å²) in [4.78, 5) is 13.3. The zero-order valence-corrected chi connectivity index (χ0v) is 12.0. The summed E-state index contributed by atoms with van der Waals surface area (Å²) < 4.78 is 18.6. The number of hydrogen-bond acceptors (Lipinski definition) is 3. The predicted molar refractivity (Wildman–Crippen MR) is 75.1 cm³/mol. The van der Waals surface area contributed by atoms with Crippen LogP contribution in [0.1, 0.15) is 25.3 Å². The van der Waals surface area contributed by atoms with Crippen molar-refractivity contribution in [2.45, 2.75) is 32.4 Å². The maximum Gasteiger partial charge on any atom is 0.217 e. The van der Waals surface area contributed by atoms with Gasteiger partial charge in [0.25, 0.3) is 0 Å². The lowest BCUT2D eigenvalue weighted by Crippen LogP contribution is -2.46. The van der Waals surface area contributed by atoms with Crippen molar-refractivity contribution in [1.29, 1.82) is 0 Å². The predicted octanol–water partition coefficient (Wildman–Crippen LogP) is 1.93. The van der Waals surface area contributed by atoms with Gasteiger partial charge in [-0.2, -0.15) is 0 Å². The van der Waals surface area contributed by atoms with Gasteiger partial charge < -0.3 is 10.1 Å². The van der Waals surface area contributed by atoms with Gasteiger partial charge in [-0.05, 0) is 37.1 Å². The number of rotatable bonds is 4. The van der Waals surface area contributed by atoms with Crippen molar-refractivity contribution in [3.05, 3.63) is 29.6 Å². The van der Waals surface area contributed by atoms with Gasteiger partial charge in [-0.1, -0.05) is 6.07 Å². The van der Waals surface area contributed by atoms with Crippen molar-refractivity contribution in [1.82, 2.24) is 10.2 Å². The number of benzene rings is 1. The Balaban J connectivity index is 1.95. The minimum Gasteiger partial charge on any atom is -0.494 e. The number of carbonyl (C=O) groups excluding carboxylic acids is 1. The molecule has 1 aromatic carbocycles. The number of ether oxygens (including phenoxy) is 1. The van der Waals surface area contributed by atoms with Gasteiger partial charge in [-0.3, -0.25) is 9.69 Å². The van der Waals surface area contributed by atoms with Gasteiger partial charge in [-0.15, -0.1) is 0 Å². The van der Waals surface area contributed by atoms with Crippen LogP contribution in [-0.2, 0) is 11.3 Å². The van der Waals surface area contributed by atoms with Gasteiger partial charge in [0.1, 0.15) is 0 Å². The van der Waals surface area contributed by atoms with Crippen molar-refractivity contribution in [3.8, 4) is 5.75 Å². The summed E-state index contributed by atoms with van der Waals surface area (Å²) >= 11 is 0. The number of amides is 1. The summed E-state index contributed by atoms with van der Waals surface area (Å²) in [6.45, 7) is 4.02. The summed E-state index contributed by atoms with van der Waals surface area (Å²) in [6, 6.07) is 5.24. The van der Waals surface area contributed by atoms with Crippen LogP contribution in [0.5, 0.6) is 5.75 Å². The lowest BCUT2D eigenvalue weighted by atomic mass is 10.0. The van der Waals surface area contributed by atoms with Crippen LogP contribution in [0, 0.1) is 5.82 Å². The van der Waals surface area contributed by atoms with Crippen molar-refractivity contribution in [2.75, 3.05) is 20.2 Å². The van der Waals surface area contributed by atoms with Crippen molar-refractivity contribution >= 4 is 5.91 Å². The fourth-order valence-electron chi connectivity index (χ4n) is 2.67. The van der Waals surface area contributed by atoms with Gasteiger partial charge in [0, 0.05) is 26.1 Å². The van der Waals surface area contributed by atoms with Crippen molar-refractivity contribution < 1.29 is 13.9 Å². The molecular formula is C15H21FN2O2. The second kappa shape index (κ2) is 6.70. The Bertz CT molecular complexity index is 479. The molecule has 1 amide bonds. The van der Waals surface area contributed by atoms with E-state index < -0.39 is 0 Å². The normalized spacial score (nSPS) is 19.6. The summed E-state index contributed by atoms with van der Waals surface area (Å²) in [6.07, 6.45) is 2.05. The lowest BCUT2D eigenvalue weighted by molar-refractivity contribution is -0.120. The molecule has 1 aromatic rings. The molecule has 0 spiro atoms. The number of methoxy groups -OCH3 is 1. The highest BCUT2D eigenvalue weighted by atomic mass is 19.1. The van der Waals surface area contributed by atoms with Crippen LogP contribution in [0.2, 0.25) is 0 Å². The average molecular weight is 280 g/mol. The first-order valence-electron chi connectivity index (χ1n) is 6.90. The first-order valence-corrected chi connectivity index (χ1v) is 6.90. The lowest BCUT2D eigenvalue weighted by Gasteiger charge is -2.33. The van der Waals surface area contributed by atoms with Crippen molar-refractivity contribution in [3.63, 3.8) is 0 Å². The first kappa shape index (κ1) is 14.8. The fraction of sp³-hybridized carbons (Fsp3) is 0.533. The Labute approximate surface area is 118 Å². The molecule has 1 saturated heterocycles. The summed E-state index contributed by atoms with van der Waals surface area (Å²) in [7, 11) is 1.46. The van der Waals surface area contributed by atoms with Crippen LogP contribution in [0.25, 0.3) is 0 Å². The van der Waals surface area contributed by atoms with Gasteiger partial charge in [0.05, 0.1) is 7.11 Å². The smallest absolute Gasteiger partial charge is 0.217 e. The highest BCUT2D eigenvalue weighted by Gasteiger charge is 2.20. The molecular weight excluding hydrogens is 259 g/mol. The van der Waals surface area contributed by atoms with E-state index in [0.717, 1.165) is 31.5 Å². The molecule has 110 valence electrons. The maximum absolute atomic E-state index is 13.7. The molecule has 20 heavy (non-hydrogen) atoms. The zero-order chi connectivity index (χ0) is 14.5. The molecule has 0 bridgehead atoms. The molecule has 0 radical (unpaired) electrons. The molecule has 1 atom stereocenters. The third kappa shape index (κ3) is 3.93. The Morgan fingerprint density at radius 2 is 2.35 bits per heavy atom. The van der Waals surface area contributed by atoms with Crippen LogP contribution in [0.3, 0.4) is 0 Å². The minimum atomic E-state index is -0.333. The molecule has 1 heterocycles. The van der Waals surface area contributed by atoms with Crippen molar-refractivity contribution in [2.24, 2.45) is 0 Å². The number of hydrogen-bond donors (Lipinski definition) is 1. The largest absolute Gasteiger partial charge is 0.494 e. The zero-order valence-electron chi connectivity index (χ0n) is 12.0. The standard InChI is InChI=1S/C15H21FN2O2/c1-11(19)17-13-4-3-7-18(10-13)9-12-5-6-15(20-2)14(16)8-12/h5-6,8,13H,3-4,7,9-10H2,1-2H3,(H,17,19). The van der Waals surface area contributed by atoms with E-state index in [1.807, 2.05) is 6.07 Å². The summed E-state index contributed by atoms with van der Waals surface area (Å²) in [5, 5.41) is 2.95. The summed E-state index contributed by atoms with van der Waals surface area (Å²) in [5.74, 6) is -0.0590. The number of piperidine rings is 1. The Morgan fingerprint density at radius 1 is 1.55 bits per heavy atom. The minimum absolute atomic E-state index is 0.00680. The van der Waals surface area contributed by atoms with E-state index in [1.165, 1.54) is 20.1 Å². The van der Waals surface area contributed by atoms with E-state index in [2.05, 4.69) is 10.2 Å². The number of nitrogens with zero attached hydrogens (tertiary/aromatic N) is 1. The molecule has 0 saturated carbocycles. The topological polar surface area (TPSA) is 41.6 Å². The third-order valence-electron chi connectivity index (χ3n) is 3.54. The molecule has 0 aromatic heterocycles. The number of carbonyl (C=O) groups is 1. The van der Waals surface area contributed by atoms with Gasteiger partial charge >= 0.3 is 0 Å². The van der Waals surface area contributed by atoms with E-state index in [1.54, 1.807) is 6.07 Å². The van der Waals surface area contributed by atoms with Gasteiger partial charge in [0.15, 0.2) is 11.6 Å². The number of likely N-dealkylation sites (tertiary alicyclic amines) is 1. The summed E-state index contributed by atoms with van der Waals surface area (Å²) in [5.41, 5.74) is 0.923. The Morgan fingerprint density at radius 3 is 3.00 bits per heavy atom. The van der Waals surface area contributed by atoms with E-state index in [-0.39, 0.29) is 23.5 Å². The molecule has 1 aliphatic heterocycles. The Hall–Kier alpha value is -1.62. The number of halogens is 1. The van der Waals surface area contributed by atoms with E-state index in [9.17, 15) is 9.18 Å². The fourth-order valence-corrected chi connectivity index (χ4v) is 2.67. The maximum atomic E-state index is 13.7. The van der Waals surface area contributed by atoms with Crippen LogP contribution in [0.15, 0.2) is 18.2 Å². The SMILES string of the molecule is COc1ccc(CN2CCCC(NC(C)=O)C2)cc1F. The van der Waals surface area contributed by atoms with Gasteiger partial charge in [-0.25, -0.2) is 4.39 Å². The highest BCUT2D eigenvalue weighted by Crippen LogP contribution is 2.20. The Kier molecular flexibility index (Phi) is 4.95. The van der Waals surface area contributed by atoms with E-state index in [0.29, 0.717) is 6.54 Å². The molecule has 4 nitrogen and oxygen atoms in total. The van der Waals surface area contributed by atoms with Crippen LogP contribution in [-0.4, -0.2) is 37.0 Å². The molecule has 5 heteroatoms. The molecule has 1 unspecified atom stereocenters. The van der Waals surface area contributed by atoms with Crippen LogP contribution >= 0.6 is 0 Å². The second-order valence-corrected chi connectivity index (χ2v) is 5.24. The van der Waals surface area contributed by atoms with Gasteiger partial charge in [0.2, 0.25) is 5.91 Å². The van der Waals surface area contributed by atoms with E-state index >= 15 is 0 Å². The van der Waals surface area contributed by atoms with Crippen LogP contribution < -0.4 is 10.1 Å². The molecule has 1 N–H and O–H groups in total. The second-order valence-electron chi connectivity index (χ2n) is 5.24. The third-order valence-corrected chi connectivity index (χ3v) is 3.54. The molecule has 0 aliphatic carbocycles. The molecule has 1 aliphatic rings. The quantitative estimate of drug-likeness (QED) is 0.916. The highest BCUT2D eigenvalue weighted by molar-refractivity contribution is 5.73. The van der Waals surface area contributed by atoms with Crippen LogP contribution in [0.4, 0.5) is 4.39 Å². The molecule has 1 fully saturated rings. The monoisotopic (exact) mass is 280 g/mol. The van der Waals surface area contributed by atoms with E-state index in [4.69, 9.17) is 4.74 Å². The molecule has 2 rings (SSSR count). The average Bonchev–Trinajstić information content (AvgIpc) is 2.38. The first-order chi connectivity index (χ1) is 9.58. The number of nitrogens with one attached hydrogen (secondary N) is 1.